The molecule has 1 aromatic heterocycles. The molecule has 13 heavy (non-hydrogen) atoms. The number of nitrogens with zero attached hydrogens (tertiary/aromatic N) is 2. The highest BCUT2D eigenvalue weighted by atomic mass is 16.2. The molecular formula is C10H12N2O. The number of aromatic nitrogens is 1. The van der Waals surface area contributed by atoms with Gasteiger partial charge in [0.25, 0.3) is 0 Å². The Morgan fingerprint density at radius 3 is 3.15 bits per heavy atom. The average Bonchev–Trinajstić information content (AvgIpc) is 2.49. The summed E-state index contributed by atoms with van der Waals surface area (Å²) in [6.07, 6.45) is 4.33. The smallest absolute Gasteiger partial charge is 0.222 e. The van der Waals surface area contributed by atoms with Crippen molar-refractivity contribution in [3.8, 4) is 0 Å². The van der Waals surface area contributed by atoms with Gasteiger partial charge in [-0.05, 0) is 18.1 Å². The van der Waals surface area contributed by atoms with Crippen LogP contribution in [0.15, 0.2) is 24.5 Å². The third-order valence-electron chi connectivity index (χ3n) is 2.35. The summed E-state index contributed by atoms with van der Waals surface area (Å²) < 4.78 is 8.22. The van der Waals surface area contributed by atoms with Crippen molar-refractivity contribution >= 4 is 5.91 Å². The number of carbonyl (C=O) groups excluding carboxylic acids is 1. The molecule has 2 heterocycles. The summed E-state index contributed by atoms with van der Waals surface area (Å²) in [4.78, 5) is 16.8. The summed E-state index contributed by atoms with van der Waals surface area (Å²) in [6.45, 7) is 0. The van der Waals surface area contributed by atoms with Crippen molar-refractivity contribution in [3.63, 3.8) is 0 Å². The van der Waals surface area contributed by atoms with E-state index in [1.165, 1.54) is 4.90 Å². The standard InChI is InChI=1S/C10H12N2O/c1-12-9(4-5-10(12)13)8-3-2-6-11-7-8/h2-3,6-7,9H,4-5H2,1H3/t9-/m0/s1/i9D. The molecule has 1 aliphatic rings. The van der Waals surface area contributed by atoms with Crippen molar-refractivity contribution in [3.05, 3.63) is 30.1 Å². The van der Waals surface area contributed by atoms with Crippen LogP contribution in [0.3, 0.4) is 0 Å². The largest absolute Gasteiger partial charge is 0.339 e. The number of hydrogen-bond donors (Lipinski definition) is 0. The lowest BCUT2D eigenvalue weighted by Gasteiger charge is -2.19. The Labute approximate surface area is 78.8 Å². The van der Waals surface area contributed by atoms with E-state index in [1.807, 2.05) is 6.07 Å². The van der Waals surface area contributed by atoms with Crippen LogP contribution < -0.4 is 0 Å². The van der Waals surface area contributed by atoms with Gasteiger partial charge in [0.15, 0.2) is 0 Å². The molecule has 1 aromatic rings. The fourth-order valence-electron chi connectivity index (χ4n) is 1.58. The van der Waals surface area contributed by atoms with Gasteiger partial charge in [0.2, 0.25) is 5.91 Å². The van der Waals surface area contributed by atoms with E-state index >= 15 is 0 Å². The monoisotopic (exact) mass is 177 g/mol. The summed E-state index contributed by atoms with van der Waals surface area (Å²) in [5, 5.41) is 0. The highest BCUT2D eigenvalue weighted by Gasteiger charge is 2.28. The molecule has 1 amide bonds. The van der Waals surface area contributed by atoms with E-state index in [2.05, 4.69) is 4.98 Å². The minimum atomic E-state index is -0.911. The van der Waals surface area contributed by atoms with Crippen LogP contribution in [0.2, 0.25) is 0 Å². The second kappa shape index (κ2) is 3.17. The minimum absolute atomic E-state index is 0.0313. The molecule has 0 N–H and O–H groups in total. The summed E-state index contributed by atoms with van der Waals surface area (Å²) in [6, 6.07) is 2.72. The molecule has 0 bridgehead atoms. The van der Waals surface area contributed by atoms with Gasteiger partial charge in [-0.1, -0.05) is 6.07 Å². The molecule has 0 spiro atoms. The second-order valence-corrected chi connectivity index (χ2v) is 3.14. The van der Waals surface area contributed by atoms with Crippen LogP contribution in [-0.4, -0.2) is 22.8 Å². The Hall–Kier alpha value is -1.38. The zero-order valence-electron chi connectivity index (χ0n) is 8.53. The van der Waals surface area contributed by atoms with E-state index in [4.69, 9.17) is 1.37 Å². The Morgan fingerprint density at radius 1 is 1.77 bits per heavy atom. The first-order valence-electron chi connectivity index (χ1n) is 4.82. The van der Waals surface area contributed by atoms with E-state index in [-0.39, 0.29) is 5.91 Å². The molecule has 1 saturated heterocycles. The Balaban J connectivity index is 2.39. The summed E-state index contributed by atoms with van der Waals surface area (Å²) in [5.41, 5.74) is 0.786. The van der Waals surface area contributed by atoms with Gasteiger partial charge in [-0.2, -0.15) is 0 Å². The van der Waals surface area contributed by atoms with Crippen molar-refractivity contribution in [1.82, 2.24) is 9.88 Å². The Morgan fingerprint density at radius 2 is 2.62 bits per heavy atom. The highest BCUT2D eigenvalue weighted by Crippen LogP contribution is 2.30. The summed E-state index contributed by atoms with van der Waals surface area (Å²) >= 11 is 0. The van der Waals surface area contributed by atoms with Crippen LogP contribution >= 0.6 is 0 Å². The number of likely N-dealkylation sites (tertiary alicyclic amines) is 1. The van der Waals surface area contributed by atoms with Gasteiger partial charge in [0.05, 0.1) is 7.39 Å². The van der Waals surface area contributed by atoms with Gasteiger partial charge >= 0.3 is 0 Å². The maximum atomic E-state index is 11.3. The van der Waals surface area contributed by atoms with E-state index in [0.29, 0.717) is 12.8 Å². The SMILES string of the molecule is [2H][C@@]1(c2cccnc2)CCC(=O)N1C. The van der Waals surface area contributed by atoms with Gasteiger partial charge in [0.1, 0.15) is 0 Å². The normalized spacial score (nSPS) is 29.2. The number of rotatable bonds is 1. The second-order valence-electron chi connectivity index (χ2n) is 3.14. The van der Waals surface area contributed by atoms with E-state index in [9.17, 15) is 4.79 Å². The van der Waals surface area contributed by atoms with Crippen molar-refractivity contribution in [2.75, 3.05) is 7.05 Å². The maximum absolute atomic E-state index is 11.3. The van der Waals surface area contributed by atoms with Crippen LogP contribution in [-0.2, 0) is 4.79 Å². The van der Waals surface area contributed by atoms with E-state index < -0.39 is 6.02 Å². The van der Waals surface area contributed by atoms with Crippen molar-refractivity contribution in [1.29, 1.82) is 0 Å². The Bertz CT molecular complexity index is 354. The molecule has 3 heteroatoms. The number of carbonyl (C=O) groups is 1. The maximum Gasteiger partial charge on any atom is 0.222 e. The van der Waals surface area contributed by atoms with E-state index in [0.717, 1.165) is 5.56 Å². The molecule has 68 valence electrons. The fourth-order valence-corrected chi connectivity index (χ4v) is 1.58. The fraction of sp³-hybridized carbons (Fsp3) is 0.400. The zero-order valence-corrected chi connectivity index (χ0v) is 7.53. The lowest BCUT2D eigenvalue weighted by atomic mass is 10.1. The third-order valence-corrected chi connectivity index (χ3v) is 2.35. The predicted molar refractivity (Wildman–Crippen MR) is 49.0 cm³/mol. The van der Waals surface area contributed by atoms with Crippen LogP contribution in [0, 0.1) is 0 Å². The number of pyridine rings is 1. The highest BCUT2D eigenvalue weighted by molar-refractivity contribution is 5.78. The van der Waals surface area contributed by atoms with Gasteiger partial charge in [-0.25, -0.2) is 0 Å². The van der Waals surface area contributed by atoms with Crippen LogP contribution in [0.4, 0.5) is 0 Å². The van der Waals surface area contributed by atoms with Crippen LogP contribution in [0.5, 0.6) is 0 Å². The number of hydrogen-bond acceptors (Lipinski definition) is 2. The number of amides is 1. The van der Waals surface area contributed by atoms with Crippen molar-refractivity contribution in [2.24, 2.45) is 0 Å². The van der Waals surface area contributed by atoms with Crippen LogP contribution in [0.1, 0.15) is 25.8 Å². The van der Waals surface area contributed by atoms with Gasteiger partial charge in [0, 0.05) is 25.9 Å². The third kappa shape index (κ3) is 1.41. The molecular weight excluding hydrogens is 164 g/mol. The quantitative estimate of drug-likeness (QED) is 0.649. The summed E-state index contributed by atoms with van der Waals surface area (Å²) in [7, 11) is 1.68. The van der Waals surface area contributed by atoms with Gasteiger partial charge < -0.3 is 4.90 Å². The molecule has 0 unspecified atom stereocenters. The zero-order chi connectivity index (χ0) is 10.2. The Kier molecular flexibility index (Phi) is 1.72. The molecule has 1 atom stereocenters. The van der Waals surface area contributed by atoms with Gasteiger partial charge in [-0.3, -0.25) is 9.78 Å². The molecule has 1 fully saturated rings. The first-order valence-corrected chi connectivity index (χ1v) is 4.32. The summed E-state index contributed by atoms with van der Waals surface area (Å²) in [5.74, 6) is 0.0313. The molecule has 3 nitrogen and oxygen atoms in total. The van der Waals surface area contributed by atoms with Crippen molar-refractivity contribution in [2.45, 2.75) is 18.9 Å². The topological polar surface area (TPSA) is 33.2 Å². The lowest BCUT2D eigenvalue weighted by Crippen LogP contribution is -2.22. The first-order chi connectivity index (χ1) is 6.64. The molecule has 0 aromatic carbocycles. The molecule has 0 aliphatic carbocycles. The van der Waals surface area contributed by atoms with E-state index in [1.54, 1.807) is 25.5 Å². The van der Waals surface area contributed by atoms with Crippen molar-refractivity contribution < 1.29 is 6.17 Å². The molecule has 2 rings (SSSR count). The molecule has 0 radical (unpaired) electrons. The van der Waals surface area contributed by atoms with Gasteiger partial charge in [-0.15, -0.1) is 0 Å². The lowest BCUT2D eigenvalue weighted by molar-refractivity contribution is -0.127. The average molecular weight is 177 g/mol. The first kappa shape index (κ1) is 7.06. The molecule has 1 aliphatic heterocycles. The van der Waals surface area contributed by atoms with Crippen LogP contribution in [0.25, 0.3) is 0 Å². The predicted octanol–water partition coefficient (Wildman–Crippen LogP) is 1.37. The molecule has 0 saturated carbocycles. The minimum Gasteiger partial charge on any atom is -0.339 e.